The van der Waals surface area contributed by atoms with Gasteiger partial charge in [0.05, 0.1) is 5.56 Å². The van der Waals surface area contributed by atoms with Gasteiger partial charge in [-0.05, 0) is 62.0 Å². The fourth-order valence-corrected chi connectivity index (χ4v) is 6.19. The van der Waals surface area contributed by atoms with Gasteiger partial charge >= 0.3 is 0 Å². The second kappa shape index (κ2) is 6.03. The summed E-state index contributed by atoms with van der Waals surface area (Å²) < 4.78 is 1.83. The maximum Gasteiger partial charge on any atom is 0.257 e. The summed E-state index contributed by atoms with van der Waals surface area (Å²) in [6.45, 7) is 3.00. The van der Waals surface area contributed by atoms with Crippen molar-refractivity contribution >= 4 is 11.6 Å². The smallest absolute Gasteiger partial charge is 0.257 e. The molecule has 27 heavy (non-hydrogen) atoms. The van der Waals surface area contributed by atoms with Crippen LogP contribution in [0.25, 0.3) is 5.65 Å². The largest absolute Gasteiger partial charge is 0.338 e. The van der Waals surface area contributed by atoms with E-state index in [-0.39, 0.29) is 5.91 Å². The maximum absolute atomic E-state index is 13.3. The number of carbonyl (C=O) groups is 1. The van der Waals surface area contributed by atoms with Crippen molar-refractivity contribution in [1.82, 2.24) is 24.4 Å². The molecule has 6 heteroatoms. The number of amides is 1. The quantitative estimate of drug-likeness (QED) is 0.820. The average Bonchev–Trinajstić information content (AvgIpc) is 3.42. The molecule has 4 fully saturated rings. The maximum atomic E-state index is 13.3. The first-order valence-electron chi connectivity index (χ1n) is 10.6. The number of fused-ring (bicyclic) bond motifs is 5. The number of nitrogens with zero attached hydrogens (tertiary/aromatic N) is 5. The Bertz CT molecular complexity index is 874. The van der Waals surface area contributed by atoms with Gasteiger partial charge in [-0.25, -0.2) is 0 Å². The summed E-state index contributed by atoms with van der Waals surface area (Å²) in [4.78, 5) is 18.3. The molecule has 0 unspecified atom stereocenters. The van der Waals surface area contributed by atoms with Gasteiger partial charge in [-0.3, -0.25) is 14.1 Å². The first kappa shape index (κ1) is 16.0. The summed E-state index contributed by atoms with van der Waals surface area (Å²) >= 11 is 0. The molecule has 0 N–H and O–H groups in total. The molecule has 6 rings (SSSR count). The third kappa shape index (κ3) is 2.60. The number of likely N-dealkylation sites (tertiary alicyclic amines) is 1. The number of rotatable bonds is 2. The molecule has 4 atom stereocenters. The predicted octanol–water partition coefficient (Wildman–Crippen LogP) is 2.45. The summed E-state index contributed by atoms with van der Waals surface area (Å²) in [5.41, 5.74) is 1.36. The lowest BCUT2D eigenvalue weighted by atomic mass is 9.74. The van der Waals surface area contributed by atoms with Crippen LogP contribution in [0, 0.1) is 17.8 Å². The normalized spacial score (nSPS) is 33.9. The molecule has 0 aromatic carbocycles. The van der Waals surface area contributed by atoms with Gasteiger partial charge in [0.1, 0.15) is 6.33 Å². The van der Waals surface area contributed by atoms with Crippen molar-refractivity contribution in [3.63, 3.8) is 0 Å². The Labute approximate surface area is 159 Å². The monoisotopic (exact) mass is 365 g/mol. The van der Waals surface area contributed by atoms with Crippen LogP contribution in [0.2, 0.25) is 0 Å². The fraction of sp³-hybridized carbons (Fsp3) is 0.667. The Morgan fingerprint density at radius 1 is 1.04 bits per heavy atom. The Balaban J connectivity index is 1.26. The van der Waals surface area contributed by atoms with Crippen LogP contribution < -0.4 is 0 Å². The van der Waals surface area contributed by atoms with E-state index in [1.807, 2.05) is 22.7 Å². The second-order valence-corrected chi connectivity index (χ2v) is 9.16. The SMILES string of the molecule is O=C(c1cccn2cnnc12)N1C[C@@H]2C[C@H](C1)[C@@H]1CCC[C@H](C3CC3)N1C2. The second-order valence-electron chi connectivity index (χ2n) is 9.16. The predicted molar refractivity (Wildman–Crippen MR) is 101 cm³/mol. The number of hydrogen-bond donors (Lipinski definition) is 0. The van der Waals surface area contributed by atoms with Crippen molar-refractivity contribution < 1.29 is 4.79 Å². The summed E-state index contributed by atoms with van der Waals surface area (Å²) in [7, 11) is 0. The Morgan fingerprint density at radius 2 is 1.89 bits per heavy atom. The van der Waals surface area contributed by atoms with E-state index in [0.717, 1.165) is 25.0 Å². The minimum atomic E-state index is 0.131. The molecule has 4 aliphatic rings. The van der Waals surface area contributed by atoms with Crippen molar-refractivity contribution in [2.24, 2.45) is 17.8 Å². The van der Waals surface area contributed by atoms with E-state index in [4.69, 9.17) is 0 Å². The zero-order valence-electron chi connectivity index (χ0n) is 15.7. The molecule has 2 aromatic heterocycles. The highest BCUT2D eigenvalue weighted by molar-refractivity contribution is 5.99. The van der Waals surface area contributed by atoms with Crippen LogP contribution in [0.3, 0.4) is 0 Å². The third-order valence-electron chi connectivity index (χ3n) is 7.44. The Hall–Kier alpha value is -1.95. The van der Waals surface area contributed by atoms with Gasteiger partial charge in [-0.1, -0.05) is 6.42 Å². The highest BCUT2D eigenvalue weighted by atomic mass is 16.2. The molecule has 3 aliphatic heterocycles. The van der Waals surface area contributed by atoms with E-state index in [0.29, 0.717) is 29.1 Å². The molecular weight excluding hydrogens is 338 g/mol. The van der Waals surface area contributed by atoms with Gasteiger partial charge in [-0.2, -0.15) is 0 Å². The molecule has 142 valence electrons. The van der Waals surface area contributed by atoms with Crippen LogP contribution in [0.5, 0.6) is 0 Å². The van der Waals surface area contributed by atoms with E-state index in [2.05, 4.69) is 20.0 Å². The molecule has 1 saturated carbocycles. The van der Waals surface area contributed by atoms with E-state index in [1.54, 1.807) is 6.33 Å². The van der Waals surface area contributed by atoms with Crippen LogP contribution in [-0.4, -0.2) is 62.0 Å². The first-order chi connectivity index (χ1) is 13.3. The van der Waals surface area contributed by atoms with Gasteiger partial charge in [0.25, 0.3) is 5.91 Å². The lowest BCUT2D eigenvalue weighted by Crippen LogP contribution is -2.62. The van der Waals surface area contributed by atoms with Crippen molar-refractivity contribution in [2.45, 2.75) is 50.6 Å². The van der Waals surface area contributed by atoms with E-state index < -0.39 is 0 Å². The summed E-state index contributed by atoms with van der Waals surface area (Å²) in [6.07, 6.45) is 11.8. The molecular formula is C21H27N5O. The number of carbonyl (C=O) groups excluding carboxylic acids is 1. The summed E-state index contributed by atoms with van der Waals surface area (Å²) in [5.74, 6) is 2.36. The molecule has 2 bridgehead atoms. The van der Waals surface area contributed by atoms with Gasteiger partial charge in [-0.15, -0.1) is 10.2 Å². The van der Waals surface area contributed by atoms with Gasteiger partial charge in [0, 0.05) is 37.9 Å². The number of hydrogen-bond acceptors (Lipinski definition) is 4. The molecule has 3 saturated heterocycles. The summed E-state index contributed by atoms with van der Waals surface area (Å²) in [6, 6.07) is 5.34. The van der Waals surface area contributed by atoms with Gasteiger partial charge in [0.15, 0.2) is 5.65 Å². The lowest BCUT2D eigenvalue weighted by Gasteiger charge is -2.55. The molecule has 2 aromatic rings. The number of piperidine rings is 3. The minimum Gasteiger partial charge on any atom is -0.338 e. The zero-order valence-corrected chi connectivity index (χ0v) is 15.7. The van der Waals surface area contributed by atoms with E-state index in [1.165, 1.54) is 45.1 Å². The van der Waals surface area contributed by atoms with Crippen LogP contribution in [0.4, 0.5) is 0 Å². The van der Waals surface area contributed by atoms with Gasteiger partial charge < -0.3 is 4.90 Å². The van der Waals surface area contributed by atoms with Crippen LogP contribution in [0.15, 0.2) is 24.7 Å². The lowest BCUT2D eigenvalue weighted by molar-refractivity contribution is -0.0550. The molecule has 0 spiro atoms. The van der Waals surface area contributed by atoms with E-state index in [9.17, 15) is 4.79 Å². The van der Waals surface area contributed by atoms with Crippen LogP contribution >= 0.6 is 0 Å². The fourth-order valence-electron chi connectivity index (χ4n) is 6.19. The highest BCUT2D eigenvalue weighted by Gasteiger charge is 2.48. The minimum absolute atomic E-state index is 0.131. The summed E-state index contributed by atoms with van der Waals surface area (Å²) in [5, 5.41) is 8.13. The molecule has 1 aliphatic carbocycles. The zero-order chi connectivity index (χ0) is 18.0. The highest BCUT2D eigenvalue weighted by Crippen LogP contribution is 2.46. The average molecular weight is 365 g/mol. The molecule has 1 amide bonds. The molecule has 0 radical (unpaired) electrons. The van der Waals surface area contributed by atoms with Crippen molar-refractivity contribution in [1.29, 1.82) is 0 Å². The number of pyridine rings is 1. The number of aromatic nitrogens is 3. The molecule has 6 nitrogen and oxygen atoms in total. The standard InChI is InChI=1S/C21H27N5O/c27-21(17-3-2-8-24-13-22-23-20(17)24)25-10-14-9-16(12-25)19-5-1-4-18(15-6-7-15)26(19)11-14/h2-3,8,13-16,18-19H,1,4-7,9-12H2/t14-,16+,18+,19-/m0/s1. The Kier molecular flexibility index (Phi) is 3.58. The topological polar surface area (TPSA) is 53.7 Å². The van der Waals surface area contributed by atoms with Crippen LogP contribution in [-0.2, 0) is 0 Å². The van der Waals surface area contributed by atoms with Crippen molar-refractivity contribution in [2.75, 3.05) is 19.6 Å². The van der Waals surface area contributed by atoms with Crippen molar-refractivity contribution in [3.05, 3.63) is 30.2 Å². The van der Waals surface area contributed by atoms with Crippen LogP contribution in [0.1, 0.15) is 48.9 Å². The Morgan fingerprint density at radius 3 is 2.74 bits per heavy atom. The van der Waals surface area contributed by atoms with Gasteiger partial charge in [0.2, 0.25) is 0 Å². The van der Waals surface area contributed by atoms with Crippen molar-refractivity contribution in [3.8, 4) is 0 Å². The molecule has 5 heterocycles. The first-order valence-corrected chi connectivity index (χ1v) is 10.6. The van der Waals surface area contributed by atoms with E-state index >= 15 is 0 Å². The third-order valence-corrected chi connectivity index (χ3v) is 7.44.